The van der Waals surface area contributed by atoms with Crippen LogP contribution in [0, 0.1) is 0 Å². The van der Waals surface area contributed by atoms with Gasteiger partial charge in [0.25, 0.3) is 0 Å². The van der Waals surface area contributed by atoms with E-state index in [2.05, 4.69) is 16.0 Å². The van der Waals surface area contributed by atoms with Crippen molar-refractivity contribution in [2.24, 2.45) is 0 Å². The van der Waals surface area contributed by atoms with Gasteiger partial charge in [-0.05, 0) is 14.1 Å². The molecule has 5 nitrogen and oxygen atoms in total. The summed E-state index contributed by atoms with van der Waals surface area (Å²) in [5, 5.41) is 27.2. The van der Waals surface area contributed by atoms with E-state index in [1.165, 1.54) is 0 Å². The Bertz CT molecular complexity index is 102. The minimum absolute atomic E-state index is 0.396. The second-order valence-corrected chi connectivity index (χ2v) is 3.08. The zero-order valence-electron chi connectivity index (χ0n) is 8.38. The van der Waals surface area contributed by atoms with Crippen LogP contribution in [0.3, 0.4) is 0 Å². The van der Waals surface area contributed by atoms with Crippen LogP contribution in [0.1, 0.15) is 0 Å². The molecule has 0 aromatic rings. The van der Waals surface area contributed by atoms with Crippen molar-refractivity contribution in [1.82, 2.24) is 16.0 Å². The molecule has 13 heavy (non-hydrogen) atoms. The summed E-state index contributed by atoms with van der Waals surface area (Å²) in [6, 6.07) is 0. The first-order valence-corrected chi connectivity index (χ1v) is 4.56. The van der Waals surface area contributed by atoms with Crippen molar-refractivity contribution in [1.29, 1.82) is 0 Å². The zero-order valence-corrected chi connectivity index (χ0v) is 8.38. The lowest BCUT2D eigenvalue weighted by Gasteiger charge is -2.14. The summed E-state index contributed by atoms with van der Waals surface area (Å²) in [6.07, 6.45) is -0.793. The fourth-order valence-corrected chi connectivity index (χ4v) is 1.03. The zero-order chi connectivity index (χ0) is 10.1. The molecule has 0 saturated heterocycles. The van der Waals surface area contributed by atoms with E-state index in [1.807, 2.05) is 0 Å². The van der Waals surface area contributed by atoms with E-state index >= 15 is 0 Å². The highest BCUT2D eigenvalue weighted by molar-refractivity contribution is 4.65. The van der Waals surface area contributed by atoms with Crippen LogP contribution in [0.2, 0.25) is 0 Å². The maximum atomic E-state index is 9.27. The molecule has 0 radical (unpaired) electrons. The Balaban J connectivity index is 3.23. The van der Waals surface area contributed by atoms with E-state index in [0.29, 0.717) is 26.2 Å². The summed E-state index contributed by atoms with van der Waals surface area (Å²) < 4.78 is 0. The van der Waals surface area contributed by atoms with Crippen LogP contribution in [0.25, 0.3) is 0 Å². The molecule has 0 bridgehead atoms. The normalized spacial score (nSPS) is 15.7. The molecule has 0 saturated carbocycles. The van der Waals surface area contributed by atoms with Crippen molar-refractivity contribution in [3.8, 4) is 0 Å². The average molecular weight is 191 g/mol. The third kappa shape index (κ3) is 8.14. The second kappa shape index (κ2) is 8.40. The highest BCUT2D eigenvalue weighted by Crippen LogP contribution is 1.80. The lowest BCUT2D eigenvalue weighted by atomic mass is 10.3. The van der Waals surface area contributed by atoms with Crippen molar-refractivity contribution in [3.05, 3.63) is 0 Å². The number of aliphatic hydroxyl groups excluding tert-OH is 2. The van der Waals surface area contributed by atoms with Gasteiger partial charge in [0.15, 0.2) is 0 Å². The Morgan fingerprint density at radius 3 is 1.54 bits per heavy atom. The van der Waals surface area contributed by atoms with E-state index in [4.69, 9.17) is 0 Å². The van der Waals surface area contributed by atoms with E-state index in [-0.39, 0.29) is 0 Å². The Hall–Kier alpha value is -0.200. The molecule has 0 spiro atoms. The third-order valence-electron chi connectivity index (χ3n) is 1.64. The van der Waals surface area contributed by atoms with Crippen molar-refractivity contribution < 1.29 is 10.2 Å². The lowest BCUT2D eigenvalue weighted by Crippen LogP contribution is -2.40. The summed E-state index contributed by atoms with van der Waals surface area (Å²) in [6.45, 7) is 2.13. The second-order valence-electron chi connectivity index (χ2n) is 3.08. The van der Waals surface area contributed by atoms with Gasteiger partial charge in [-0.15, -0.1) is 0 Å². The summed E-state index contributed by atoms with van der Waals surface area (Å²) in [4.78, 5) is 0. The summed E-state index contributed by atoms with van der Waals surface area (Å²) in [5.74, 6) is 0. The molecule has 2 atom stereocenters. The van der Waals surface area contributed by atoms with Crippen molar-refractivity contribution in [2.45, 2.75) is 12.2 Å². The fourth-order valence-electron chi connectivity index (χ4n) is 1.03. The minimum Gasteiger partial charge on any atom is -0.390 e. The van der Waals surface area contributed by atoms with E-state index in [0.717, 1.165) is 0 Å². The summed E-state index contributed by atoms with van der Waals surface area (Å²) in [5.41, 5.74) is 0. The monoisotopic (exact) mass is 191 g/mol. The minimum atomic E-state index is -0.396. The topological polar surface area (TPSA) is 76.5 Å². The van der Waals surface area contributed by atoms with Crippen molar-refractivity contribution in [3.63, 3.8) is 0 Å². The molecular weight excluding hydrogens is 170 g/mol. The number of nitrogens with one attached hydrogen (secondary N) is 3. The maximum absolute atomic E-state index is 9.27. The first kappa shape index (κ1) is 12.8. The van der Waals surface area contributed by atoms with Gasteiger partial charge in [0.1, 0.15) is 0 Å². The van der Waals surface area contributed by atoms with Gasteiger partial charge in [0.2, 0.25) is 0 Å². The first-order valence-electron chi connectivity index (χ1n) is 4.56. The SMILES string of the molecule is CNCC(O)CNCC(O)CNC. The van der Waals surface area contributed by atoms with Gasteiger partial charge in [-0.25, -0.2) is 0 Å². The smallest absolute Gasteiger partial charge is 0.0788 e. The standard InChI is InChI=1S/C8H21N3O2/c1-9-3-7(12)5-11-6-8(13)4-10-2/h7-13H,3-6H2,1-2H3. The molecule has 0 aromatic heterocycles. The molecule has 0 fully saturated rings. The maximum Gasteiger partial charge on any atom is 0.0788 e. The van der Waals surface area contributed by atoms with Crippen molar-refractivity contribution >= 4 is 0 Å². The Labute approximate surface area is 79.5 Å². The van der Waals surface area contributed by atoms with Crippen LogP contribution in [0.5, 0.6) is 0 Å². The molecule has 0 aliphatic carbocycles. The Kier molecular flexibility index (Phi) is 8.27. The first-order chi connectivity index (χ1) is 6.20. The largest absolute Gasteiger partial charge is 0.390 e. The summed E-state index contributed by atoms with van der Waals surface area (Å²) >= 11 is 0. The van der Waals surface area contributed by atoms with Gasteiger partial charge < -0.3 is 26.2 Å². The summed E-state index contributed by atoms with van der Waals surface area (Å²) in [7, 11) is 3.58. The van der Waals surface area contributed by atoms with Gasteiger partial charge in [0.05, 0.1) is 12.2 Å². The van der Waals surface area contributed by atoms with Gasteiger partial charge in [-0.1, -0.05) is 0 Å². The molecule has 0 aliphatic rings. The van der Waals surface area contributed by atoms with Crippen LogP contribution >= 0.6 is 0 Å². The molecule has 0 rings (SSSR count). The molecule has 80 valence electrons. The Morgan fingerprint density at radius 1 is 0.846 bits per heavy atom. The molecule has 2 unspecified atom stereocenters. The number of rotatable bonds is 8. The number of hydrogen-bond donors (Lipinski definition) is 5. The molecule has 0 aliphatic heterocycles. The van der Waals surface area contributed by atoms with Crippen LogP contribution in [0.15, 0.2) is 0 Å². The number of hydrogen-bond acceptors (Lipinski definition) is 5. The highest BCUT2D eigenvalue weighted by Gasteiger charge is 2.04. The molecule has 0 heterocycles. The predicted molar refractivity (Wildman–Crippen MR) is 52.7 cm³/mol. The fraction of sp³-hybridized carbons (Fsp3) is 1.00. The lowest BCUT2D eigenvalue weighted by molar-refractivity contribution is 0.145. The highest BCUT2D eigenvalue weighted by atomic mass is 16.3. The Morgan fingerprint density at radius 2 is 1.23 bits per heavy atom. The van der Waals surface area contributed by atoms with E-state index in [9.17, 15) is 10.2 Å². The molecule has 0 aromatic carbocycles. The van der Waals surface area contributed by atoms with Gasteiger partial charge in [0, 0.05) is 26.2 Å². The van der Waals surface area contributed by atoms with Crippen LogP contribution in [-0.2, 0) is 0 Å². The van der Waals surface area contributed by atoms with Gasteiger partial charge in [-0.2, -0.15) is 0 Å². The average Bonchev–Trinajstić information content (AvgIpc) is 2.05. The molecule has 0 amide bonds. The number of aliphatic hydroxyl groups is 2. The quantitative estimate of drug-likeness (QED) is 0.299. The van der Waals surface area contributed by atoms with Crippen molar-refractivity contribution in [2.75, 3.05) is 40.3 Å². The third-order valence-corrected chi connectivity index (χ3v) is 1.64. The number of likely N-dealkylation sites (N-methyl/N-ethyl adjacent to an activating group) is 2. The predicted octanol–water partition coefficient (Wildman–Crippen LogP) is -2.26. The van der Waals surface area contributed by atoms with E-state index in [1.54, 1.807) is 14.1 Å². The van der Waals surface area contributed by atoms with Gasteiger partial charge in [-0.3, -0.25) is 0 Å². The van der Waals surface area contributed by atoms with Gasteiger partial charge >= 0.3 is 0 Å². The molecule has 5 N–H and O–H groups in total. The van der Waals surface area contributed by atoms with Crippen LogP contribution in [0.4, 0.5) is 0 Å². The molecular formula is C8H21N3O2. The van der Waals surface area contributed by atoms with Crippen LogP contribution < -0.4 is 16.0 Å². The van der Waals surface area contributed by atoms with Crippen LogP contribution in [-0.4, -0.2) is 62.7 Å². The molecule has 5 heteroatoms. The van der Waals surface area contributed by atoms with E-state index < -0.39 is 12.2 Å².